The first-order valence-electron chi connectivity index (χ1n) is 4.20. The Hall–Kier alpha value is -1.01. The van der Waals surface area contributed by atoms with Gasteiger partial charge in [0.2, 0.25) is 5.28 Å². The molecule has 1 aromatic heterocycles. The van der Waals surface area contributed by atoms with Crippen molar-refractivity contribution in [1.29, 1.82) is 0 Å². The van der Waals surface area contributed by atoms with E-state index in [4.69, 9.17) is 22.1 Å². The van der Waals surface area contributed by atoms with Gasteiger partial charge in [0.25, 0.3) is 0 Å². The van der Waals surface area contributed by atoms with E-state index in [1.54, 1.807) is 6.92 Å². The SMILES string of the molecule is CCOC(=O)CSc1cnc(Cl)nc1N. The van der Waals surface area contributed by atoms with E-state index in [9.17, 15) is 4.79 Å². The lowest BCUT2D eigenvalue weighted by Gasteiger charge is -2.03. The minimum atomic E-state index is -0.295. The van der Waals surface area contributed by atoms with E-state index in [-0.39, 0.29) is 22.8 Å². The summed E-state index contributed by atoms with van der Waals surface area (Å²) in [6, 6.07) is 0. The first-order chi connectivity index (χ1) is 7.13. The molecule has 0 fully saturated rings. The maximum absolute atomic E-state index is 11.0. The molecule has 0 radical (unpaired) electrons. The van der Waals surface area contributed by atoms with Crippen molar-refractivity contribution in [2.24, 2.45) is 0 Å². The molecule has 2 N–H and O–H groups in total. The highest BCUT2D eigenvalue weighted by molar-refractivity contribution is 8.00. The highest BCUT2D eigenvalue weighted by Crippen LogP contribution is 2.23. The van der Waals surface area contributed by atoms with E-state index in [1.165, 1.54) is 18.0 Å². The molecule has 0 unspecified atom stereocenters. The second kappa shape index (κ2) is 5.77. The lowest BCUT2D eigenvalue weighted by Crippen LogP contribution is -2.07. The van der Waals surface area contributed by atoms with Crippen LogP contribution in [0.2, 0.25) is 5.28 Å². The smallest absolute Gasteiger partial charge is 0.316 e. The fourth-order valence-corrected chi connectivity index (χ4v) is 1.63. The van der Waals surface area contributed by atoms with Crippen LogP contribution in [-0.2, 0) is 9.53 Å². The molecule has 0 saturated heterocycles. The number of nitrogens with zero attached hydrogens (tertiary/aromatic N) is 2. The van der Waals surface area contributed by atoms with Crippen LogP contribution < -0.4 is 5.73 Å². The number of carbonyl (C=O) groups excluding carboxylic acids is 1. The Bertz CT molecular complexity index is 362. The molecule has 0 aliphatic rings. The molecule has 1 aromatic rings. The van der Waals surface area contributed by atoms with Crippen LogP contribution in [0.1, 0.15) is 6.92 Å². The molecule has 0 aliphatic carbocycles. The zero-order valence-electron chi connectivity index (χ0n) is 8.07. The number of ether oxygens (including phenoxy) is 1. The van der Waals surface area contributed by atoms with Crippen molar-refractivity contribution in [2.75, 3.05) is 18.1 Å². The molecule has 5 nitrogen and oxygen atoms in total. The molecule has 15 heavy (non-hydrogen) atoms. The Morgan fingerprint density at radius 1 is 1.73 bits per heavy atom. The van der Waals surface area contributed by atoms with Crippen molar-refractivity contribution in [3.8, 4) is 0 Å². The predicted molar refractivity (Wildman–Crippen MR) is 58.8 cm³/mol. The normalized spacial score (nSPS) is 10.0. The monoisotopic (exact) mass is 247 g/mol. The number of esters is 1. The van der Waals surface area contributed by atoms with Crippen molar-refractivity contribution in [1.82, 2.24) is 9.97 Å². The number of nitrogen functional groups attached to an aromatic ring is 1. The first kappa shape index (κ1) is 12.1. The fourth-order valence-electron chi connectivity index (χ4n) is 0.812. The molecule has 0 spiro atoms. The van der Waals surface area contributed by atoms with Crippen LogP contribution in [0.15, 0.2) is 11.1 Å². The number of nitrogens with two attached hydrogens (primary N) is 1. The largest absolute Gasteiger partial charge is 0.465 e. The van der Waals surface area contributed by atoms with Gasteiger partial charge in [-0.2, -0.15) is 4.98 Å². The maximum atomic E-state index is 11.0. The second-order valence-corrected chi connectivity index (χ2v) is 3.84. The van der Waals surface area contributed by atoms with Gasteiger partial charge in [-0.25, -0.2) is 4.98 Å². The minimum absolute atomic E-state index is 0.0907. The molecule has 1 heterocycles. The summed E-state index contributed by atoms with van der Waals surface area (Å²) in [5.74, 6) is 0.157. The van der Waals surface area contributed by atoms with E-state index >= 15 is 0 Å². The van der Waals surface area contributed by atoms with Crippen molar-refractivity contribution in [3.63, 3.8) is 0 Å². The Kier molecular flexibility index (Phi) is 4.64. The molecule has 82 valence electrons. The summed E-state index contributed by atoms with van der Waals surface area (Å²) in [5, 5.41) is 0.0907. The highest BCUT2D eigenvalue weighted by atomic mass is 35.5. The molecule has 0 aliphatic heterocycles. The van der Waals surface area contributed by atoms with Gasteiger partial charge in [-0.15, -0.1) is 11.8 Å². The summed E-state index contributed by atoms with van der Waals surface area (Å²) in [7, 11) is 0. The van der Waals surface area contributed by atoms with E-state index in [0.717, 1.165) is 0 Å². The van der Waals surface area contributed by atoms with E-state index in [1.807, 2.05) is 0 Å². The molecule has 0 atom stereocenters. The summed E-state index contributed by atoms with van der Waals surface area (Å²) in [6.45, 7) is 2.12. The minimum Gasteiger partial charge on any atom is -0.465 e. The van der Waals surface area contributed by atoms with Gasteiger partial charge >= 0.3 is 5.97 Å². The highest BCUT2D eigenvalue weighted by Gasteiger charge is 2.07. The predicted octanol–water partition coefficient (Wildman–Crippen LogP) is 1.37. The first-order valence-corrected chi connectivity index (χ1v) is 5.56. The third-order valence-electron chi connectivity index (χ3n) is 1.40. The van der Waals surface area contributed by atoms with Gasteiger partial charge in [0.1, 0.15) is 5.82 Å². The third-order valence-corrected chi connectivity index (χ3v) is 2.59. The summed E-state index contributed by atoms with van der Waals surface area (Å²) in [4.78, 5) is 19.2. The summed E-state index contributed by atoms with van der Waals surface area (Å²) in [6.07, 6.45) is 1.48. The van der Waals surface area contributed by atoms with E-state index in [2.05, 4.69) is 9.97 Å². The standard InChI is InChI=1S/C8H10ClN3O2S/c1-2-14-6(13)4-15-5-3-11-8(9)12-7(5)10/h3H,2,4H2,1H3,(H2,10,11,12). The van der Waals surface area contributed by atoms with Crippen LogP contribution in [-0.4, -0.2) is 28.3 Å². The molecular weight excluding hydrogens is 238 g/mol. The number of thioether (sulfide) groups is 1. The van der Waals surface area contributed by atoms with Crippen molar-refractivity contribution < 1.29 is 9.53 Å². The van der Waals surface area contributed by atoms with E-state index in [0.29, 0.717) is 11.5 Å². The number of anilines is 1. The van der Waals surface area contributed by atoms with Gasteiger partial charge in [0, 0.05) is 6.20 Å². The Labute approximate surface area is 96.4 Å². The Morgan fingerprint density at radius 2 is 2.47 bits per heavy atom. The molecule has 0 aromatic carbocycles. The number of hydrogen-bond donors (Lipinski definition) is 1. The van der Waals surface area contributed by atoms with Gasteiger partial charge in [0.15, 0.2) is 0 Å². The molecular formula is C8H10ClN3O2S. The fraction of sp³-hybridized carbons (Fsp3) is 0.375. The number of hydrogen-bond acceptors (Lipinski definition) is 6. The van der Waals surface area contributed by atoms with Gasteiger partial charge in [-0.3, -0.25) is 4.79 Å². The Morgan fingerprint density at radius 3 is 3.07 bits per heavy atom. The van der Waals surface area contributed by atoms with Crippen molar-refractivity contribution in [2.45, 2.75) is 11.8 Å². The zero-order valence-corrected chi connectivity index (χ0v) is 9.64. The lowest BCUT2D eigenvalue weighted by molar-refractivity contribution is -0.139. The molecule has 1 rings (SSSR count). The second-order valence-electron chi connectivity index (χ2n) is 2.48. The van der Waals surface area contributed by atoms with Crippen molar-refractivity contribution >= 4 is 35.1 Å². The van der Waals surface area contributed by atoms with Crippen LogP contribution >= 0.6 is 23.4 Å². The Balaban J connectivity index is 2.54. The molecule has 0 saturated carbocycles. The number of rotatable bonds is 4. The quantitative estimate of drug-likeness (QED) is 0.492. The summed E-state index contributed by atoms with van der Waals surface area (Å²) in [5.41, 5.74) is 5.57. The molecule has 7 heteroatoms. The number of halogens is 1. The van der Waals surface area contributed by atoms with Gasteiger partial charge < -0.3 is 10.5 Å². The summed E-state index contributed by atoms with van der Waals surface area (Å²) >= 11 is 6.75. The molecule has 0 amide bonds. The topological polar surface area (TPSA) is 78.1 Å². The number of aromatic nitrogens is 2. The van der Waals surface area contributed by atoms with Gasteiger partial charge in [-0.05, 0) is 18.5 Å². The summed E-state index contributed by atoms with van der Waals surface area (Å²) < 4.78 is 4.76. The molecule has 0 bridgehead atoms. The average Bonchev–Trinajstić information content (AvgIpc) is 2.17. The lowest BCUT2D eigenvalue weighted by atomic mass is 10.6. The van der Waals surface area contributed by atoms with E-state index < -0.39 is 0 Å². The average molecular weight is 248 g/mol. The van der Waals surface area contributed by atoms with Crippen LogP contribution in [0, 0.1) is 0 Å². The van der Waals surface area contributed by atoms with Crippen LogP contribution in [0.25, 0.3) is 0 Å². The van der Waals surface area contributed by atoms with Gasteiger partial charge in [-0.1, -0.05) is 0 Å². The van der Waals surface area contributed by atoms with Gasteiger partial charge in [0.05, 0.1) is 17.3 Å². The number of carbonyl (C=O) groups is 1. The van der Waals surface area contributed by atoms with Crippen LogP contribution in [0.5, 0.6) is 0 Å². The van der Waals surface area contributed by atoms with Crippen LogP contribution in [0.3, 0.4) is 0 Å². The van der Waals surface area contributed by atoms with Crippen LogP contribution in [0.4, 0.5) is 5.82 Å². The zero-order chi connectivity index (χ0) is 11.3. The van der Waals surface area contributed by atoms with Crippen molar-refractivity contribution in [3.05, 3.63) is 11.5 Å². The maximum Gasteiger partial charge on any atom is 0.316 e. The third kappa shape index (κ3) is 3.93.